The Labute approximate surface area is 177 Å². The van der Waals surface area contributed by atoms with Gasteiger partial charge in [-0.2, -0.15) is 10.2 Å². The maximum atomic E-state index is 12.7. The molecule has 1 aliphatic rings. The molecule has 0 aliphatic carbocycles. The number of para-hydroxylation sites is 1. The van der Waals surface area contributed by atoms with Crippen LogP contribution < -0.4 is 4.74 Å². The molecule has 160 valence electrons. The number of carbonyl (C=O) groups is 1. The number of amides is 1. The van der Waals surface area contributed by atoms with Gasteiger partial charge in [-0.15, -0.1) is 13.2 Å². The Balaban J connectivity index is 1.83. The number of rotatable bonds is 5. The van der Waals surface area contributed by atoms with Crippen LogP contribution in [0.4, 0.5) is 18.9 Å². The monoisotopic (exact) mass is 439 g/mol. The molecule has 0 N–H and O–H groups in total. The second-order valence-corrected chi connectivity index (χ2v) is 7.25. The molecule has 3 rings (SSSR count). The molecule has 1 amide bonds. The molecule has 30 heavy (non-hydrogen) atoms. The molecule has 0 spiro atoms. The van der Waals surface area contributed by atoms with E-state index in [1.807, 2.05) is 6.92 Å². The first kappa shape index (κ1) is 22.1. The van der Waals surface area contributed by atoms with E-state index in [1.54, 1.807) is 23.1 Å². The Morgan fingerprint density at radius 1 is 1.20 bits per heavy atom. The van der Waals surface area contributed by atoms with E-state index >= 15 is 0 Å². The molecule has 1 unspecified atom stereocenters. The minimum atomic E-state index is -4.81. The molecule has 1 heterocycles. The van der Waals surface area contributed by atoms with Gasteiger partial charge in [-0.25, -0.2) is 0 Å². The van der Waals surface area contributed by atoms with Gasteiger partial charge in [-0.1, -0.05) is 42.8 Å². The standard InChI is InChI=1S/C21H21ClF3N3O2/c1-2-20(29)28-12-6-5-9-19(28)27-26-14-10-11-15(17(22)13-14)16-7-3-4-8-18(16)30-21(23,24)25/h3-4,7-8,10-11,13,19H,2,5-6,9,12H2,1H3. The molecule has 1 aliphatic heterocycles. The number of nitrogens with zero attached hydrogens (tertiary/aromatic N) is 3. The molecule has 2 aromatic rings. The number of carbonyl (C=O) groups excluding carboxylic acids is 1. The van der Waals surface area contributed by atoms with E-state index in [9.17, 15) is 18.0 Å². The number of alkyl halides is 3. The molecule has 1 saturated heterocycles. The number of azo groups is 1. The van der Waals surface area contributed by atoms with E-state index in [0.29, 0.717) is 24.2 Å². The summed E-state index contributed by atoms with van der Waals surface area (Å²) in [7, 11) is 0. The average molecular weight is 440 g/mol. The predicted molar refractivity (Wildman–Crippen MR) is 108 cm³/mol. The van der Waals surface area contributed by atoms with Crippen LogP contribution in [0.1, 0.15) is 32.6 Å². The second-order valence-electron chi connectivity index (χ2n) is 6.84. The Bertz CT molecular complexity index is 934. The van der Waals surface area contributed by atoms with Crippen molar-refractivity contribution in [3.8, 4) is 16.9 Å². The molecule has 9 heteroatoms. The smallest absolute Gasteiger partial charge is 0.405 e. The van der Waals surface area contributed by atoms with Crippen molar-refractivity contribution in [3.63, 3.8) is 0 Å². The third kappa shape index (κ3) is 5.50. The van der Waals surface area contributed by atoms with Crippen LogP contribution in [0.15, 0.2) is 52.7 Å². The van der Waals surface area contributed by atoms with Crippen LogP contribution in [-0.4, -0.2) is 29.9 Å². The van der Waals surface area contributed by atoms with E-state index in [-0.39, 0.29) is 28.4 Å². The van der Waals surface area contributed by atoms with Crippen LogP contribution in [0.2, 0.25) is 5.02 Å². The first-order valence-electron chi connectivity index (χ1n) is 9.63. The van der Waals surface area contributed by atoms with Crippen molar-refractivity contribution in [2.24, 2.45) is 10.2 Å². The molecule has 0 saturated carbocycles. The molecular formula is C21H21ClF3N3O2. The Hall–Kier alpha value is -2.61. The lowest BCUT2D eigenvalue weighted by Gasteiger charge is -2.32. The highest BCUT2D eigenvalue weighted by Gasteiger charge is 2.32. The largest absolute Gasteiger partial charge is 0.573 e. The third-order valence-electron chi connectivity index (χ3n) is 4.76. The number of piperidine rings is 1. The fraction of sp³-hybridized carbons (Fsp3) is 0.381. The zero-order valence-corrected chi connectivity index (χ0v) is 17.1. The van der Waals surface area contributed by atoms with Crippen LogP contribution in [0.5, 0.6) is 5.75 Å². The van der Waals surface area contributed by atoms with Crippen molar-refractivity contribution < 1.29 is 22.7 Å². The minimum Gasteiger partial charge on any atom is -0.405 e. The van der Waals surface area contributed by atoms with Gasteiger partial charge < -0.3 is 9.64 Å². The highest BCUT2D eigenvalue weighted by molar-refractivity contribution is 6.33. The summed E-state index contributed by atoms with van der Waals surface area (Å²) in [4.78, 5) is 13.8. The fourth-order valence-electron chi connectivity index (χ4n) is 3.35. The predicted octanol–water partition coefficient (Wildman–Crippen LogP) is 6.74. The SMILES string of the molecule is CCC(=O)N1CCCCC1N=Nc1ccc(-c2ccccc2OC(F)(F)F)c(Cl)c1. The van der Waals surface area contributed by atoms with Crippen molar-refractivity contribution in [1.82, 2.24) is 4.90 Å². The molecular weight excluding hydrogens is 419 g/mol. The van der Waals surface area contributed by atoms with E-state index in [4.69, 9.17) is 11.6 Å². The van der Waals surface area contributed by atoms with E-state index in [1.165, 1.54) is 24.3 Å². The molecule has 0 aromatic heterocycles. The van der Waals surface area contributed by atoms with Crippen molar-refractivity contribution >= 4 is 23.2 Å². The molecule has 0 bridgehead atoms. The summed E-state index contributed by atoms with van der Waals surface area (Å²) in [5, 5.41) is 8.74. The first-order chi connectivity index (χ1) is 14.3. The van der Waals surface area contributed by atoms with E-state index in [2.05, 4.69) is 15.0 Å². The number of likely N-dealkylation sites (tertiary alicyclic amines) is 1. The molecule has 2 aromatic carbocycles. The number of halogens is 4. The molecule has 1 atom stereocenters. The number of benzene rings is 2. The maximum Gasteiger partial charge on any atom is 0.573 e. The number of ether oxygens (including phenoxy) is 1. The lowest BCUT2D eigenvalue weighted by Crippen LogP contribution is -2.42. The summed E-state index contributed by atoms with van der Waals surface area (Å²) in [5.74, 6) is -0.300. The third-order valence-corrected chi connectivity index (χ3v) is 5.07. The van der Waals surface area contributed by atoms with Crippen molar-refractivity contribution in [1.29, 1.82) is 0 Å². The lowest BCUT2D eigenvalue weighted by atomic mass is 10.0. The number of hydrogen-bond acceptors (Lipinski definition) is 4. The normalized spacial score (nSPS) is 17.4. The summed E-state index contributed by atoms with van der Waals surface area (Å²) >= 11 is 6.33. The maximum absolute atomic E-state index is 12.7. The summed E-state index contributed by atoms with van der Waals surface area (Å²) in [6, 6.07) is 10.5. The van der Waals surface area contributed by atoms with Gasteiger partial charge in [0.15, 0.2) is 0 Å². The number of hydrogen-bond donors (Lipinski definition) is 0. The van der Waals surface area contributed by atoms with E-state index in [0.717, 1.165) is 19.3 Å². The Kier molecular flexibility index (Phi) is 6.97. The van der Waals surface area contributed by atoms with Gasteiger partial charge in [0.05, 0.1) is 10.7 Å². The summed E-state index contributed by atoms with van der Waals surface area (Å²) in [6.45, 7) is 2.47. The van der Waals surface area contributed by atoms with Gasteiger partial charge in [0.2, 0.25) is 5.91 Å². The quantitative estimate of drug-likeness (QED) is 0.484. The topological polar surface area (TPSA) is 54.3 Å². The highest BCUT2D eigenvalue weighted by Crippen LogP contribution is 2.38. The minimum absolute atomic E-state index is 0.0355. The summed E-state index contributed by atoms with van der Waals surface area (Å²) < 4.78 is 42.2. The van der Waals surface area contributed by atoms with Crippen LogP contribution in [0, 0.1) is 0 Å². The molecule has 5 nitrogen and oxygen atoms in total. The van der Waals surface area contributed by atoms with Crippen molar-refractivity contribution in [2.75, 3.05) is 6.54 Å². The zero-order chi connectivity index (χ0) is 21.7. The zero-order valence-electron chi connectivity index (χ0n) is 16.3. The van der Waals surface area contributed by atoms with Gasteiger partial charge in [0.1, 0.15) is 11.9 Å². The first-order valence-corrected chi connectivity index (χ1v) is 10.0. The second kappa shape index (κ2) is 9.47. The Morgan fingerprint density at radius 3 is 2.67 bits per heavy atom. The van der Waals surface area contributed by atoms with Crippen LogP contribution in [0.3, 0.4) is 0 Å². The molecule has 1 fully saturated rings. The van der Waals surface area contributed by atoms with Gasteiger partial charge in [-0.05, 0) is 37.5 Å². The lowest BCUT2D eigenvalue weighted by molar-refractivity contribution is -0.274. The van der Waals surface area contributed by atoms with Gasteiger partial charge in [-0.3, -0.25) is 4.79 Å². The van der Waals surface area contributed by atoms with Gasteiger partial charge >= 0.3 is 6.36 Å². The Morgan fingerprint density at radius 2 is 1.97 bits per heavy atom. The average Bonchev–Trinajstić information content (AvgIpc) is 2.71. The fourth-order valence-corrected chi connectivity index (χ4v) is 3.63. The summed E-state index contributed by atoms with van der Waals surface area (Å²) in [5.41, 5.74) is 1.05. The summed E-state index contributed by atoms with van der Waals surface area (Å²) in [6.07, 6.45) is -2.07. The van der Waals surface area contributed by atoms with E-state index < -0.39 is 6.36 Å². The van der Waals surface area contributed by atoms with Crippen LogP contribution >= 0.6 is 11.6 Å². The van der Waals surface area contributed by atoms with Crippen LogP contribution in [0.25, 0.3) is 11.1 Å². The van der Waals surface area contributed by atoms with Gasteiger partial charge in [0, 0.05) is 24.1 Å². The van der Waals surface area contributed by atoms with Crippen molar-refractivity contribution in [2.45, 2.75) is 45.1 Å². The van der Waals surface area contributed by atoms with Gasteiger partial charge in [0.25, 0.3) is 0 Å². The van der Waals surface area contributed by atoms with Crippen molar-refractivity contribution in [3.05, 3.63) is 47.5 Å². The molecule has 0 radical (unpaired) electrons. The van der Waals surface area contributed by atoms with Crippen LogP contribution in [-0.2, 0) is 4.79 Å². The highest BCUT2D eigenvalue weighted by atomic mass is 35.5.